The molecule has 0 aliphatic rings. The number of carbonyl (C=O) groups excluding carboxylic acids is 3. The van der Waals surface area contributed by atoms with Gasteiger partial charge in [-0.1, -0.05) is 63.4 Å². The lowest BCUT2D eigenvalue weighted by atomic mass is 10.1. The third kappa shape index (κ3) is 6.94. The highest BCUT2D eigenvalue weighted by Crippen LogP contribution is 2.23. The molecule has 0 radical (unpaired) electrons. The molecule has 4 aromatic rings. The van der Waals surface area contributed by atoms with Gasteiger partial charge in [0.15, 0.2) is 0 Å². The maximum absolute atomic E-state index is 12.7. The van der Waals surface area contributed by atoms with E-state index in [0.717, 1.165) is 10.0 Å². The van der Waals surface area contributed by atoms with Gasteiger partial charge in [-0.2, -0.15) is 5.10 Å². The predicted octanol–water partition coefficient (Wildman–Crippen LogP) is 6.65. The van der Waals surface area contributed by atoms with Crippen molar-refractivity contribution in [3.8, 4) is 5.75 Å². The summed E-state index contributed by atoms with van der Waals surface area (Å²) >= 11 is 9.48. The summed E-state index contributed by atoms with van der Waals surface area (Å²) in [6.07, 6.45) is 1.38. The molecule has 7 nitrogen and oxygen atoms in total. The number of carbonyl (C=O) groups is 3. The Labute approximate surface area is 232 Å². The summed E-state index contributed by atoms with van der Waals surface area (Å²) in [5, 5.41) is 7.07. The molecule has 0 unspecified atom stereocenters. The smallest absolute Gasteiger partial charge is 0.343 e. The molecule has 4 aromatic carbocycles. The fraction of sp³-hybridized carbons (Fsp3) is 0.0345. The van der Waals surface area contributed by atoms with Crippen molar-refractivity contribution in [2.75, 3.05) is 5.32 Å². The van der Waals surface area contributed by atoms with E-state index >= 15 is 0 Å². The van der Waals surface area contributed by atoms with Crippen LogP contribution in [-0.2, 0) is 0 Å². The van der Waals surface area contributed by atoms with Gasteiger partial charge in [-0.15, -0.1) is 0 Å². The molecular weight excluding hydrogens is 570 g/mol. The van der Waals surface area contributed by atoms with Crippen molar-refractivity contribution in [1.29, 1.82) is 0 Å². The summed E-state index contributed by atoms with van der Waals surface area (Å²) in [5.41, 5.74) is 5.38. The molecule has 2 amide bonds. The van der Waals surface area contributed by atoms with E-state index in [9.17, 15) is 14.4 Å². The first-order valence-electron chi connectivity index (χ1n) is 11.4. The Kier molecular flexibility index (Phi) is 8.68. The first kappa shape index (κ1) is 26.8. The second-order valence-corrected chi connectivity index (χ2v) is 9.47. The number of aryl methyl sites for hydroxylation is 1. The van der Waals surface area contributed by atoms with E-state index in [1.54, 1.807) is 72.8 Å². The van der Waals surface area contributed by atoms with E-state index in [4.69, 9.17) is 16.3 Å². The van der Waals surface area contributed by atoms with Crippen LogP contribution in [-0.4, -0.2) is 24.0 Å². The topological polar surface area (TPSA) is 96.9 Å². The maximum Gasteiger partial charge on any atom is 0.343 e. The van der Waals surface area contributed by atoms with Crippen LogP contribution in [0.3, 0.4) is 0 Å². The molecule has 0 atom stereocenters. The Morgan fingerprint density at radius 3 is 2.39 bits per heavy atom. The van der Waals surface area contributed by atoms with Gasteiger partial charge in [0.1, 0.15) is 5.75 Å². The SMILES string of the molecule is Cc1ccc(C(=O)Oc2ccc(Br)cc2C=NNC(=O)c2cccc(NC(=O)c3ccccc3Cl)c2)cc1. The van der Waals surface area contributed by atoms with Crippen LogP contribution < -0.4 is 15.5 Å². The van der Waals surface area contributed by atoms with Gasteiger partial charge >= 0.3 is 5.97 Å². The van der Waals surface area contributed by atoms with Crippen LogP contribution >= 0.6 is 27.5 Å². The standard InChI is InChI=1S/C29H21BrClN3O4/c1-18-9-11-19(12-10-18)29(37)38-26-14-13-22(30)15-21(26)17-32-34-27(35)20-5-4-6-23(16-20)33-28(36)24-7-2-3-8-25(24)31/h2-17H,1H3,(H,33,36)(H,34,35). The van der Waals surface area contributed by atoms with E-state index in [2.05, 4.69) is 31.8 Å². The Bertz CT molecular complexity index is 1540. The zero-order valence-corrected chi connectivity index (χ0v) is 22.4. The zero-order valence-electron chi connectivity index (χ0n) is 20.1. The summed E-state index contributed by atoms with van der Waals surface area (Å²) in [4.78, 5) is 37.8. The Balaban J connectivity index is 1.43. The quantitative estimate of drug-likeness (QED) is 0.109. The number of esters is 1. The zero-order chi connectivity index (χ0) is 27.1. The molecule has 0 saturated heterocycles. The Morgan fingerprint density at radius 1 is 0.868 bits per heavy atom. The second kappa shape index (κ2) is 12.3. The van der Waals surface area contributed by atoms with Gasteiger partial charge < -0.3 is 10.1 Å². The van der Waals surface area contributed by atoms with Crippen molar-refractivity contribution in [3.05, 3.63) is 128 Å². The number of ether oxygens (including phenoxy) is 1. The number of anilines is 1. The molecule has 0 saturated carbocycles. The second-order valence-electron chi connectivity index (χ2n) is 8.15. The van der Waals surface area contributed by atoms with Crippen molar-refractivity contribution in [1.82, 2.24) is 5.43 Å². The van der Waals surface area contributed by atoms with E-state index in [1.165, 1.54) is 12.3 Å². The number of hydrazone groups is 1. The van der Waals surface area contributed by atoms with Crippen LogP contribution in [0.4, 0.5) is 5.69 Å². The van der Waals surface area contributed by atoms with E-state index in [0.29, 0.717) is 27.4 Å². The lowest BCUT2D eigenvalue weighted by Crippen LogP contribution is -2.18. The summed E-state index contributed by atoms with van der Waals surface area (Å²) in [6, 6.07) is 25.2. The molecule has 4 rings (SSSR count). The minimum absolute atomic E-state index is 0.277. The largest absolute Gasteiger partial charge is 0.422 e. The number of hydrogen-bond acceptors (Lipinski definition) is 5. The number of halogens is 2. The number of amides is 2. The predicted molar refractivity (Wildman–Crippen MR) is 151 cm³/mol. The number of nitrogens with zero attached hydrogens (tertiary/aromatic N) is 1. The Morgan fingerprint density at radius 2 is 1.63 bits per heavy atom. The van der Waals surface area contributed by atoms with Gasteiger partial charge in [-0.05, 0) is 67.6 Å². The highest BCUT2D eigenvalue weighted by Gasteiger charge is 2.13. The molecule has 38 heavy (non-hydrogen) atoms. The van der Waals surface area contributed by atoms with Crippen LogP contribution in [0.5, 0.6) is 5.75 Å². The molecule has 0 aromatic heterocycles. The van der Waals surface area contributed by atoms with Crippen LogP contribution in [0.1, 0.15) is 42.2 Å². The van der Waals surface area contributed by atoms with Crippen LogP contribution in [0.2, 0.25) is 5.02 Å². The molecule has 190 valence electrons. The van der Waals surface area contributed by atoms with E-state index < -0.39 is 17.8 Å². The van der Waals surface area contributed by atoms with Crippen LogP contribution in [0.15, 0.2) is 101 Å². The first-order chi connectivity index (χ1) is 18.3. The highest BCUT2D eigenvalue weighted by atomic mass is 79.9. The molecule has 0 spiro atoms. The fourth-order valence-electron chi connectivity index (χ4n) is 3.37. The van der Waals surface area contributed by atoms with Gasteiger partial charge in [-0.25, -0.2) is 10.2 Å². The molecule has 0 aliphatic heterocycles. The molecule has 0 aliphatic carbocycles. The molecule has 0 fully saturated rings. The van der Waals surface area contributed by atoms with Crippen molar-refractivity contribution < 1.29 is 19.1 Å². The van der Waals surface area contributed by atoms with Crippen molar-refractivity contribution >= 4 is 57.2 Å². The van der Waals surface area contributed by atoms with Crippen molar-refractivity contribution in [2.45, 2.75) is 6.92 Å². The van der Waals surface area contributed by atoms with Crippen molar-refractivity contribution in [2.24, 2.45) is 5.10 Å². The van der Waals surface area contributed by atoms with Gasteiger partial charge in [0, 0.05) is 21.3 Å². The molecule has 2 N–H and O–H groups in total. The normalized spacial score (nSPS) is 10.7. The van der Waals surface area contributed by atoms with Gasteiger partial charge in [0.25, 0.3) is 11.8 Å². The molecule has 9 heteroatoms. The number of nitrogens with one attached hydrogen (secondary N) is 2. The molecule has 0 bridgehead atoms. The summed E-state index contributed by atoms with van der Waals surface area (Å²) in [7, 11) is 0. The number of rotatable bonds is 7. The highest BCUT2D eigenvalue weighted by molar-refractivity contribution is 9.10. The first-order valence-corrected chi connectivity index (χ1v) is 12.5. The lowest BCUT2D eigenvalue weighted by molar-refractivity contribution is 0.0734. The third-order valence-electron chi connectivity index (χ3n) is 5.33. The monoisotopic (exact) mass is 589 g/mol. The van der Waals surface area contributed by atoms with E-state index in [-0.39, 0.29) is 11.3 Å². The average molecular weight is 591 g/mol. The lowest BCUT2D eigenvalue weighted by Gasteiger charge is -2.09. The fourth-order valence-corrected chi connectivity index (χ4v) is 3.97. The average Bonchev–Trinajstić information content (AvgIpc) is 2.90. The van der Waals surface area contributed by atoms with Gasteiger partial charge in [-0.3, -0.25) is 9.59 Å². The van der Waals surface area contributed by atoms with Gasteiger partial charge in [0.2, 0.25) is 0 Å². The summed E-state index contributed by atoms with van der Waals surface area (Å²) < 4.78 is 6.29. The Hall–Kier alpha value is -4.27. The van der Waals surface area contributed by atoms with E-state index in [1.807, 2.05) is 19.1 Å². The summed E-state index contributed by atoms with van der Waals surface area (Å²) in [6.45, 7) is 1.93. The van der Waals surface area contributed by atoms with Gasteiger partial charge in [0.05, 0.1) is 22.4 Å². The van der Waals surface area contributed by atoms with Crippen LogP contribution in [0.25, 0.3) is 0 Å². The van der Waals surface area contributed by atoms with Crippen LogP contribution in [0, 0.1) is 6.92 Å². The molecular formula is C29H21BrClN3O4. The summed E-state index contributed by atoms with van der Waals surface area (Å²) in [5.74, 6) is -1.13. The minimum Gasteiger partial charge on any atom is -0.422 e. The minimum atomic E-state index is -0.512. The third-order valence-corrected chi connectivity index (χ3v) is 6.16. The molecule has 0 heterocycles. The van der Waals surface area contributed by atoms with Crippen molar-refractivity contribution in [3.63, 3.8) is 0 Å². The maximum atomic E-state index is 12.7. The number of benzene rings is 4. The number of hydrogen-bond donors (Lipinski definition) is 2.